The highest BCUT2D eigenvalue weighted by molar-refractivity contribution is 5.28. The van der Waals surface area contributed by atoms with Crippen molar-refractivity contribution in [3.05, 3.63) is 34.6 Å². The average molecular weight is 252 g/mol. The molecule has 1 saturated heterocycles. The van der Waals surface area contributed by atoms with Crippen LogP contribution in [0.4, 0.5) is 22.0 Å². The van der Waals surface area contributed by atoms with E-state index in [4.69, 9.17) is 5.84 Å². The second kappa shape index (κ2) is 4.23. The molecule has 0 radical (unpaired) electrons. The molecule has 1 atom stereocenters. The topological polar surface area (TPSA) is 29.3 Å². The number of hydrazine groups is 1. The number of benzene rings is 1. The molecular formula is C10H9F5N2. The molecule has 1 aromatic rings. The first-order valence-corrected chi connectivity index (χ1v) is 4.94. The highest BCUT2D eigenvalue weighted by Crippen LogP contribution is 2.33. The standard InChI is InChI=1S/C10H9F5N2/c11-6-5(4-1-2-17(16)3-4)7(12)9(14)10(15)8(6)13/h4H,1-3,16H2. The van der Waals surface area contributed by atoms with Gasteiger partial charge in [-0.25, -0.2) is 27.0 Å². The molecule has 1 unspecified atom stereocenters. The highest BCUT2D eigenvalue weighted by Gasteiger charge is 2.33. The molecule has 1 aliphatic rings. The fraction of sp³-hybridized carbons (Fsp3) is 0.400. The van der Waals surface area contributed by atoms with Crippen LogP contribution < -0.4 is 5.84 Å². The van der Waals surface area contributed by atoms with Crippen molar-refractivity contribution in [2.45, 2.75) is 12.3 Å². The van der Waals surface area contributed by atoms with E-state index in [9.17, 15) is 22.0 Å². The molecule has 0 amide bonds. The molecule has 2 rings (SSSR count). The molecule has 94 valence electrons. The summed E-state index contributed by atoms with van der Waals surface area (Å²) < 4.78 is 65.5. The Bertz CT molecular complexity index is 433. The SMILES string of the molecule is NN1CCC(c2c(F)c(F)c(F)c(F)c2F)C1. The lowest BCUT2D eigenvalue weighted by molar-refractivity contribution is 0.339. The van der Waals surface area contributed by atoms with Gasteiger partial charge in [0, 0.05) is 24.6 Å². The van der Waals surface area contributed by atoms with E-state index < -0.39 is 40.6 Å². The third-order valence-corrected chi connectivity index (χ3v) is 2.87. The van der Waals surface area contributed by atoms with E-state index in [1.54, 1.807) is 0 Å². The van der Waals surface area contributed by atoms with Crippen LogP contribution in [0.1, 0.15) is 17.9 Å². The molecule has 1 aromatic carbocycles. The predicted molar refractivity (Wildman–Crippen MR) is 49.4 cm³/mol. The van der Waals surface area contributed by atoms with Crippen molar-refractivity contribution >= 4 is 0 Å². The first kappa shape index (κ1) is 12.3. The van der Waals surface area contributed by atoms with Gasteiger partial charge in [-0.3, -0.25) is 5.84 Å². The second-order valence-corrected chi connectivity index (χ2v) is 3.96. The monoisotopic (exact) mass is 252 g/mol. The van der Waals surface area contributed by atoms with E-state index in [-0.39, 0.29) is 13.0 Å². The second-order valence-electron chi connectivity index (χ2n) is 3.96. The van der Waals surface area contributed by atoms with Crippen LogP contribution in [0.15, 0.2) is 0 Å². The number of hydrogen-bond acceptors (Lipinski definition) is 2. The van der Waals surface area contributed by atoms with Crippen LogP contribution in [-0.4, -0.2) is 18.1 Å². The summed E-state index contributed by atoms with van der Waals surface area (Å²) in [6.07, 6.45) is 0.259. The Kier molecular flexibility index (Phi) is 3.05. The first-order chi connectivity index (χ1) is 7.93. The van der Waals surface area contributed by atoms with Crippen molar-refractivity contribution in [3.63, 3.8) is 0 Å². The van der Waals surface area contributed by atoms with Crippen molar-refractivity contribution in [2.24, 2.45) is 5.84 Å². The summed E-state index contributed by atoms with van der Waals surface area (Å²) in [6.45, 7) is 0.419. The highest BCUT2D eigenvalue weighted by atomic mass is 19.2. The largest absolute Gasteiger partial charge is 0.269 e. The Hall–Kier alpha value is -1.21. The van der Waals surface area contributed by atoms with E-state index in [1.807, 2.05) is 0 Å². The molecule has 0 aliphatic carbocycles. The average Bonchev–Trinajstić information content (AvgIpc) is 2.71. The molecule has 2 N–H and O–H groups in total. The summed E-state index contributed by atoms with van der Waals surface area (Å²) in [6, 6.07) is 0. The number of nitrogens with zero attached hydrogens (tertiary/aromatic N) is 1. The minimum Gasteiger partial charge on any atom is -0.269 e. The fourth-order valence-corrected chi connectivity index (χ4v) is 2.00. The van der Waals surface area contributed by atoms with Crippen LogP contribution in [0.5, 0.6) is 0 Å². The lowest BCUT2D eigenvalue weighted by atomic mass is 9.96. The molecule has 0 bridgehead atoms. The van der Waals surface area contributed by atoms with Gasteiger partial charge in [0.15, 0.2) is 23.3 Å². The molecule has 17 heavy (non-hydrogen) atoms. The molecule has 1 fully saturated rings. The van der Waals surface area contributed by atoms with Crippen molar-refractivity contribution in [2.75, 3.05) is 13.1 Å². The zero-order chi connectivity index (χ0) is 12.7. The van der Waals surface area contributed by atoms with Gasteiger partial charge in [-0.15, -0.1) is 0 Å². The van der Waals surface area contributed by atoms with Gasteiger partial charge in [0.25, 0.3) is 0 Å². The number of rotatable bonds is 1. The van der Waals surface area contributed by atoms with Gasteiger partial charge in [0.05, 0.1) is 0 Å². The lowest BCUT2D eigenvalue weighted by Gasteiger charge is -2.14. The summed E-state index contributed by atoms with van der Waals surface area (Å²) in [4.78, 5) is 0. The van der Waals surface area contributed by atoms with Crippen LogP contribution in [0.2, 0.25) is 0 Å². The smallest absolute Gasteiger partial charge is 0.200 e. The number of hydrogen-bond donors (Lipinski definition) is 1. The summed E-state index contributed by atoms with van der Waals surface area (Å²) in [5, 5.41) is 1.28. The van der Waals surface area contributed by atoms with E-state index in [0.29, 0.717) is 6.54 Å². The molecule has 0 saturated carbocycles. The minimum absolute atomic E-state index is 0.0678. The molecule has 2 nitrogen and oxygen atoms in total. The molecule has 7 heteroatoms. The van der Waals surface area contributed by atoms with Gasteiger partial charge < -0.3 is 0 Å². The normalized spacial score (nSPS) is 21.2. The zero-order valence-corrected chi connectivity index (χ0v) is 8.61. The zero-order valence-electron chi connectivity index (χ0n) is 8.61. The summed E-state index contributed by atoms with van der Waals surface area (Å²) in [5.41, 5.74) is -0.769. The van der Waals surface area contributed by atoms with E-state index in [0.717, 1.165) is 0 Å². The van der Waals surface area contributed by atoms with Crippen LogP contribution >= 0.6 is 0 Å². The van der Waals surface area contributed by atoms with E-state index in [1.165, 1.54) is 5.01 Å². The van der Waals surface area contributed by atoms with Crippen molar-refractivity contribution in [1.82, 2.24) is 5.01 Å². The van der Waals surface area contributed by atoms with Crippen LogP contribution in [-0.2, 0) is 0 Å². The molecule has 0 aromatic heterocycles. The van der Waals surface area contributed by atoms with Gasteiger partial charge in [0.1, 0.15) is 0 Å². The fourth-order valence-electron chi connectivity index (χ4n) is 2.00. The Morgan fingerprint density at radius 1 is 0.882 bits per heavy atom. The first-order valence-electron chi connectivity index (χ1n) is 4.94. The molecule has 1 aliphatic heterocycles. The van der Waals surface area contributed by atoms with Crippen molar-refractivity contribution < 1.29 is 22.0 Å². The van der Waals surface area contributed by atoms with E-state index >= 15 is 0 Å². The van der Waals surface area contributed by atoms with Crippen LogP contribution in [0, 0.1) is 29.1 Å². The number of halogens is 5. The third-order valence-electron chi connectivity index (χ3n) is 2.87. The van der Waals surface area contributed by atoms with E-state index in [2.05, 4.69) is 0 Å². The maximum absolute atomic E-state index is 13.4. The lowest BCUT2D eigenvalue weighted by Crippen LogP contribution is -2.28. The predicted octanol–water partition coefficient (Wildman–Crippen LogP) is 2.05. The van der Waals surface area contributed by atoms with Gasteiger partial charge in [0.2, 0.25) is 5.82 Å². The van der Waals surface area contributed by atoms with Gasteiger partial charge in [-0.05, 0) is 6.42 Å². The third kappa shape index (κ3) is 1.89. The maximum Gasteiger partial charge on any atom is 0.200 e. The van der Waals surface area contributed by atoms with Crippen molar-refractivity contribution in [3.8, 4) is 0 Å². The van der Waals surface area contributed by atoms with Gasteiger partial charge >= 0.3 is 0 Å². The summed E-state index contributed by atoms with van der Waals surface area (Å²) in [5.74, 6) is -4.85. The molecular weight excluding hydrogens is 243 g/mol. The number of nitrogens with two attached hydrogens (primary N) is 1. The van der Waals surface area contributed by atoms with Crippen molar-refractivity contribution in [1.29, 1.82) is 0 Å². The minimum atomic E-state index is -2.13. The Labute approximate surface area is 93.8 Å². The molecule has 1 heterocycles. The van der Waals surface area contributed by atoms with Crippen LogP contribution in [0.3, 0.4) is 0 Å². The Morgan fingerprint density at radius 3 is 1.76 bits per heavy atom. The summed E-state index contributed by atoms with van der Waals surface area (Å²) >= 11 is 0. The Morgan fingerprint density at radius 2 is 1.35 bits per heavy atom. The van der Waals surface area contributed by atoms with Gasteiger partial charge in [-0.2, -0.15) is 0 Å². The summed E-state index contributed by atoms with van der Waals surface area (Å²) in [7, 11) is 0. The quantitative estimate of drug-likeness (QED) is 0.359. The maximum atomic E-state index is 13.4. The van der Waals surface area contributed by atoms with Gasteiger partial charge in [-0.1, -0.05) is 0 Å². The Balaban J connectivity index is 2.54. The van der Waals surface area contributed by atoms with Crippen LogP contribution in [0.25, 0.3) is 0 Å². The molecule has 0 spiro atoms.